The topological polar surface area (TPSA) is 41.6 Å². The molecule has 0 fully saturated rings. The van der Waals surface area contributed by atoms with Crippen LogP contribution in [0.25, 0.3) is 0 Å². The molecule has 0 aromatic heterocycles. The van der Waals surface area contributed by atoms with Crippen LogP contribution in [0.1, 0.15) is 116 Å². The first-order valence-corrected chi connectivity index (χ1v) is 11.9. The van der Waals surface area contributed by atoms with Gasteiger partial charge in [-0.05, 0) is 6.42 Å². The molecule has 0 bridgehead atoms. The first-order chi connectivity index (χ1) is 12.9. The van der Waals surface area contributed by atoms with E-state index >= 15 is 0 Å². The van der Waals surface area contributed by atoms with E-state index in [1.807, 2.05) is 0 Å². The van der Waals surface area contributed by atoms with Gasteiger partial charge in [0.1, 0.15) is 0 Å². The number of aliphatic imine (C=N–C) groups is 1. The van der Waals surface area contributed by atoms with Crippen LogP contribution in [0.3, 0.4) is 0 Å². The molecule has 1 rings (SSSR count). The van der Waals surface area contributed by atoms with Gasteiger partial charge in [-0.2, -0.15) is 0 Å². The van der Waals surface area contributed by atoms with Crippen molar-refractivity contribution < 1.29 is 0 Å². The molecule has 0 aromatic carbocycles. The van der Waals surface area contributed by atoms with Crippen LogP contribution in [0.15, 0.2) is 4.99 Å². The van der Waals surface area contributed by atoms with Gasteiger partial charge < -0.3 is 10.6 Å². The first kappa shape index (κ1) is 23.5. The van der Waals surface area contributed by atoms with Crippen LogP contribution in [-0.4, -0.2) is 36.9 Å². The first-order valence-electron chi connectivity index (χ1n) is 11.9. The molecule has 0 amide bonds. The Balaban J connectivity index is 1.75. The molecule has 2 N–H and O–H groups in total. The van der Waals surface area contributed by atoms with E-state index in [1.54, 1.807) is 0 Å². The van der Waals surface area contributed by atoms with Gasteiger partial charge in [-0.1, -0.05) is 103 Å². The molecule has 3 heteroatoms. The van der Waals surface area contributed by atoms with Crippen molar-refractivity contribution in [3.8, 4) is 0 Å². The predicted octanol–water partition coefficient (Wildman–Crippen LogP) is 6.31. The smallest absolute Gasteiger partial charge is 0.0990 e. The summed E-state index contributed by atoms with van der Waals surface area (Å²) in [6.07, 6.45) is 24.1. The molecule has 0 atom stereocenters. The van der Waals surface area contributed by atoms with Gasteiger partial charge in [0.2, 0.25) is 0 Å². The van der Waals surface area contributed by atoms with E-state index < -0.39 is 0 Å². The summed E-state index contributed by atoms with van der Waals surface area (Å²) in [7, 11) is 0. The maximum Gasteiger partial charge on any atom is 0.0990 e. The quantitative estimate of drug-likeness (QED) is 0.272. The summed E-state index contributed by atoms with van der Waals surface area (Å²) in [5.41, 5.74) is 5.66. The molecular weight excluding hydrogens is 318 g/mol. The molecule has 1 heterocycles. The van der Waals surface area contributed by atoms with Gasteiger partial charge in [0.05, 0.1) is 12.4 Å². The third kappa shape index (κ3) is 12.7. The van der Waals surface area contributed by atoms with Gasteiger partial charge in [0.15, 0.2) is 0 Å². The highest BCUT2D eigenvalue weighted by atomic mass is 15.2. The van der Waals surface area contributed by atoms with E-state index in [9.17, 15) is 0 Å². The molecule has 0 aliphatic carbocycles. The molecule has 0 unspecified atom stereocenters. The van der Waals surface area contributed by atoms with Crippen LogP contribution in [0.4, 0.5) is 0 Å². The number of hydrogen-bond donors (Lipinski definition) is 1. The van der Waals surface area contributed by atoms with Gasteiger partial charge >= 0.3 is 0 Å². The minimum atomic E-state index is 0.748. The highest BCUT2D eigenvalue weighted by molar-refractivity contribution is 5.83. The van der Waals surface area contributed by atoms with Gasteiger partial charge in [-0.15, -0.1) is 0 Å². The SMILES string of the molecule is CCCCCCCCCCCCCCCCCCC1=NCCN1CCN. The monoisotopic (exact) mass is 365 g/mol. The van der Waals surface area contributed by atoms with Crippen LogP contribution in [0, 0.1) is 0 Å². The molecule has 0 radical (unpaired) electrons. The van der Waals surface area contributed by atoms with Crippen molar-refractivity contribution in [2.45, 2.75) is 116 Å². The molecule has 0 spiro atoms. The molecule has 0 saturated heterocycles. The van der Waals surface area contributed by atoms with E-state index in [0.717, 1.165) is 26.2 Å². The Morgan fingerprint density at radius 2 is 1.19 bits per heavy atom. The van der Waals surface area contributed by atoms with Crippen molar-refractivity contribution in [1.29, 1.82) is 0 Å². The Bertz CT molecular complexity index is 327. The number of amidine groups is 1. The van der Waals surface area contributed by atoms with Crippen LogP contribution in [-0.2, 0) is 0 Å². The average Bonchev–Trinajstić information content (AvgIpc) is 3.09. The highest BCUT2D eigenvalue weighted by Crippen LogP contribution is 2.15. The van der Waals surface area contributed by atoms with Crippen LogP contribution >= 0.6 is 0 Å². The summed E-state index contributed by atoms with van der Waals surface area (Å²) in [5, 5.41) is 0. The molecule has 26 heavy (non-hydrogen) atoms. The van der Waals surface area contributed by atoms with E-state index in [4.69, 9.17) is 5.73 Å². The second-order valence-corrected chi connectivity index (χ2v) is 8.13. The number of nitrogens with zero attached hydrogens (tertiary/aromatic N) is 2. The number of nitrogens with two attached hydrogens (primary N) is 1. The normalized spacial score (nSPS) is 14.2. The van der Waals surface area contributed by atoms with Crippen molar-refractivity contribution in [3.63, 3.8) is 0 Å². The van der Waals surface area contributed by atoms with Crippen molar-refractivity contribution >= 4 is 5.84 Å². The van der Waals surface area contributed by atoms with Crippen molar-refractivity contribution in [1.82, 2.24) is 4.90 Å². The van der Waals surface area contributed by atoms with E-state index in [0.29, 0.717) is 0 Å². The Morgan fingerprint density at radius 1 is 0.731 bits per heavy atom. The maximum atomic E-state index is 5.66. The predicted molar refractivity (Wildman–Crippen MR) is 117 cm³/mol. The van der Waals surface area contributed by atoms with Crippen molar-refractivity contribution in [2.24, 2.45) is 10.7 Å². The average molecular weight is 366 g/mol. The zero-order valence-corrected chi connectivity index (χ0v) is 17.8. The molecule has 154 valence electrons. The maximum absolute atomic E-state index is 5.66. The summed E-state index contributed by atoms with van der Waals surface area (Å²) >= 11 is 0. The van der Waals surface area contributed by atoms with Gasteiger partial charge in [0.25, 0.3) is 0 Å². The standard InChI is InChI=1S/C23H47N3/c1-2-3-4-5-6-7-8-9-10-11-12-13-14-15-16-17-18-23-25-20-22-26(23)21-19-24/h2-22,24H2,1H3. The molecule has 0 saturated carbocycles. The molecule has 3 nitrogen and oxygen atoms in total. The third-order valence-corrected chi connectivity index (χ3v) is 5.68. The summed E-state index contributed by atoms with van der Waals surface area (Å²) in [5.74, 6) is 1.32. The molecule has 1 aliphatic heterocycles. The fourth-order valence-corrected chi connectivity index (χ4v) is 3.99. The zero-order valence-electron chi connectivity index (χ0n) is 17.8. The second kappa shape index (κ2) is 17.8. The Kier molecular flexibility index (Phi) is 16.1. The molecule has 1 aliphatic rings. The van der Waals surface area contributed by atoms with Gasteiger partial charge in [-0.25, -0.2) is 0 Å². The third-order valence-electron chi connectivity index (χ3n) is 5.68. The number of unbranched alkanes of at least 4 members (excludes halogenated alkanes) is 15. The van der Waals surface area contributed by atoms with E-state index in [-0.39, 0.29) is 0 Å². The summed E-state index contributed by atoms with van der Waals surface area (Å²) in [4.78, 5) is 7.01. The zero-order chi connectivity index (χ0) is 18.7. The summed E-state index contributed by atoms with van der Waals surface area (Å²) < 4.78 is 0. The Hall–Kier alpha value is -0.570. The lowest BCUT2D eigenvalue weighted by molar-refractivity contribution is 0.455. The van der Waals surface area contributed by atoms with Gasteiger partial charge in [-0.3, -0.25) is 4.99 Å². The molecule has 0 aromatic rings. The largest absolute Gasteiger partial charge is 0.357 e. The van der Waals surface area contributed by atoms with Gasteiger partial charge in [0, 0.05) is 26.1 Å². The minimum Gasteiger partial charge on any atom is -0.357 e. The van der Waals surface area contributed by atoms with Crippen LogP contribution < -0.4 is 5.73 Å². The number of rotatable bonds is 19. The van der Waals surface area contributed by atoms with Crippen LogP contribution in [0.2, 0.25) is 0 Å². The van der Waals surface area contributed by atoms with E-state index in [1.165, 1.54) is 115 Å². The van der Waals surface area contributed by atoms with Crippen LogP contribution in [0.5, 0.6) is 0 Å². The lowest BCUT2D eigenvalue weighted by atomic mass is 10.0. The Labute approximate surface area is 164 Å². The number of hydrogen-bond acceptors (Lipinski definition) is 3. The lowest BCUT2D eigenvalue weighted by Crippen LogP contribution is -2.32. The minimum absolute atomic E-state index is 0.748. The van der Waals surface area contributed by atoms with E-state index in [2.05, 4.69) is 16.8 Å². The van der Waals surface area contributed by atoms with Crippen molar-refractivity contribution in [2.75, 3.05) is 26.2 Å². The fourth-order valence-electron chi connectivity index (χ4n) is 3.99. The van der Waals surface area contributed by atoms with Crippen molar-refractivity contribution in [3.05, 3.63) is 0 Å². The fraction of sp³-hybridized carbons (Fsp3) is 0.957. The summed E-state index contributed by atoms with van der Waals surface area (Å²) in [6.45, 7) is 6.10. The lowest BCUT2D eigenvalue weighted by Gasteiger charge is -2.19. The highest BCUT2D eigenvalue weighted by Gasteiger charge is 2.14. The second-order valence-electron chi connectivity index (χ2n) is 8.13. The Morgan fingerprint density at radius 3 is 1.65 bits per heavy atom. The summed E-state index contributed by atoms with van der Waals surface area (Å²) in [6, 6.07) is 0. The molecular formula is C23H47N3.